The van der Waals surface area contributed by atoms with Crippen LogP contribution < -0.4 is 18.9 Å². The molecule has 0 saturated heterocycles. The van der Waals surface area contributed by atoms with E-state index in [4.69, 9.17) is 18.9 Å². The highest BCUT2D eigenvalue weighted by molar-refractivity contribution is 6.15. The van der Waals surface area contributed by atoms with Gasteiger partial charge in [-0.15, -0.1) is 0 Å². The van der Waals surface area contributed by atoms with E-state index in [0.29, 0.717) is 13.2 Å². The Bertz CT molecular complexity index is 882. The first-order valence-corrected chi connectivity index (χ1v) is 7.19. The average Bonchev–Trinajstić information content (AvgIpc) is 2.93. The van der Waals surface area contributed by atoms with Crippen LogP contribution in [-0.2, 0) is 0 Å². The van der Waals surface area contributed by atoms with Crippen LogP contribution >= 0.6 is 0 Å². The number of nitrogens with one attached hydrogen (secondary N) is 1. The maximum Gasteiger partial charge on any atom is 0.171 e. The molecule has 0 spiro atoms. The van der Waals surface area contributed by atoms with Crippen molar-refractivity contribution in [2.75, 3.05) is 27.4 Å². The minimum absolute atomic E-state index is 0.546. The maximum absolute atomic E-state index is 5.87. The number of aromatic amines is 1. The molecule has 5 heteroatoms. The summed E-state index contributed by atoms with van der Waals surface area (Å²) in [5.74, 6) is 3.02. The van der Waals surface area contributed by atoms with E-state index in [2.05, 4.69) is 11.1 Å². The molecule has 22 heavy (non-hydrogen) atoms. The third kappa shape index (κ3) is 1.71. The van der Waals surface area contributed by atoms with Crippen LogP contribution in [-0.4, -0.2) is 32.4 Å². The highest BCUT2D eigenvalue weighted by Crippen LogP contribution is 2.47. The van der Waals surface area contributed by atoms with Crippen molar-refractivity contribution >= 4 is 21.8 Å². The number of H-pyrrole nitrogens is 1. The van der Waals surface area contributed by atoms with Crippen molar-refractivity contribution < 1.29 is 18.9 Å². The Morgan fingerprint density at radius 1 is 0.955 bits per heavy atom. The van der Waals surface area contributed by atoms with Crippen LogP contribution in [0.25, 0.3) is 21.8 Å². The fourth-order valence-corrected chi connectivity index (χ4v) is 3.07. The zero-order chi connectivity index (χ0) is 15.3. The largest absolute Gasteiger partial charge is 0.495 e. The number of hydrogen-bond acceptors (Lipinski definition) is 4. The molecule has 2 heterocycles. The topological polar surface area (TPSA) is 52.7 Å². The molecule has 114 valence electrons. The van der Waals surface area contributed by atoms with Gasteiger partial charge in [-0.1, -0.05) is 0 Å². The predicted octanol–water partition coefficient (Wildman–Crippen LogP) is 3.42. The van der Waals surface area contributed by atoms with E-state index in [-0.39, 0.29) is 0 Å². The van der Waals surface area contributed by atoms with Gasteiger partial charge in [0.05, 0.1) is 30.6 Å². The molecular formula is C17H17NO4. The maximum atomic E-state index is 5.87. The van der Waals surface area contributed by atoms with Crippen LogP contribution in [0.5, 0.6) is 23.0 Å². The highest BCUT2D eigenvalue weighted by atomic mass is 16.6. The third-order valence-corrected chi connectivity index (χ3v) is 4.00. The second-order valence-electron chi connectivity index (χ2n) is 5.37. The Kier molecular flexibility index (Phi) is 2.82. The molecule has 0 amide bonds. The van der Waals surface area contributed by atoms with Crippen LogP contribution in [0.2, 0.25) is 0 Å². The van der Waals surface area contributed by atoms with Gasteiger partial charge in [0.25, 0.3) is 0 Å². The number of aromatic nitrogens is 1. The van der Waals surface area contributed by atoms with Crippen LogP contribution in [0, 0.1) is 6.92 Å². The normalized spacial score (nSPS) is 13.6. The van der Waals surface area contributed by atoms with Crippen LogP contribution in [0.4, 0.5) is 0 Å². The van der Waals surface area contributed by atoms with Gasteiger partial charge in [0.15, 0.2) is 11.5 Å². The summed E-state index contributed by atoms with van der Waals surface area (Å²) in [7, 11) is 3.32. The van der Waals surface area contributed by atoms with Crippen LogP contribution in [0.1, 0.15) is 5.56 Å². The van der Waals surface area contributed by atoms with E-state index in [9.17, 15) is 0 Å². The summed E-state index contributed by atoms with van der Waals surface area (Å²) in [5, 5.41) is 2.03. The van der Waals surface area contributed by atoms with Crippen molar-refractivity contribution in [1.82, 2.24) is 4.98 Å². The van der Waals surface area contributed by atoms with E-state index in [1.54, 1.807) is 14.2 Å². The molecule has 5 nitrogen and oxygen atoms in total. The Labute approximate surface area is 127 Å². The summed E-state index contributed by atoms with van der Waals surface area (Å²) in [6.07, 6.45) is 0. The molecule has 0 atom stereocenters. The fraction of sp³-hybridized carbons (Fsp3) is 0.294. The minimum atomic E-state index is 0.546. The number of ether oxygens (including phenoxy) is 4. The molecular weight excluding hydrogens is 282 g/mol. The monoisotopic (exact) mass is 299 g/mol. The number of fused-ring (bicyclic) bond motifs is 5. The van der Waals surface area contributed by atoms with Crippen molar-refractivity contribution in [3.8, 4) is 23.0 Å². The SMILES string of the molecule is COc1cc(C)cc2c1[nH]c1c(OC)cc3c(c12)OCCO3. The molecule has 0 saturated carbocycles. The minimum Gasteiger partial charge on any atom is -0.495 e. The van der Waals surface area contributed by atoms with Gasteiger partial charge in [-0.2, -0.15) is 0 Å². The number of hydrogen-bond donors (Lipinski definition) is 1. The van der Waals surface area contributed by atoms with Crippen molar-refractivity contribution in [3.05, 3.63) is 23.8 Å². The average molecular weight is 299 g/mol. The molecule has 1 N–H and O–H groups in total. The Morgan fingerprint density at radius 3 is 2.45 bits per heavy atom. The lowest BCUT2D eigenvalue weighted by Crippen LogP contribution is -2.15. The van der Waals surface area contributed by atoms with E-state index in [1.165, 1.54) is 0 Å². The van der Waals surface area contributed by atoms with Crippen molar-refractivity contribution in [3.63, 3.8) is 0 Å². The zero-order valence-electron chi connectivity index (χ0n) is 12.8. The Morgan fingerprint density at radius 2 is 1.68 bits per heavy atom. The molecule has 0 unspecified atom stereocenters. The summed E-state index contributed by atoms with van der Waals surface area (Å²) in [4.78, 5) is 3.41. The van der Waals surface area contributed by atoms with E-state index < -0.39 is 0 Å². The Hall–Kier alpha value is -2.56. The standard InChI is InChI=1S/C17H17NO4/c1-9-6-10-14-16(18-15(10)11(7-9)19-2)12(20-3)8-13-17(14)22-5-4-21-13/h6-8,18H,4-5H2,1-3H3. The lowest BCUT2D eigenvalue weighted by atomic mass is 10.1. The first kappa shape index (κ1) is 13.1. The lowest BCUT2D eigenvalue weighted by Gasteiger charge is -2.20. The van der Waals surface area contributed by atoms with Gasteiger partial charge >= 0.3 is 0 Å². The van der Waals surface area contributed by atoms with Crippen molar-refractivity contribution in [1.29, 1.82) is 0 Å². The lowest BCUT2D eigenvalue weighted by molar-refractivity contribution is 0.173. The van der Waals surface area contributed by atoms with Gasteiger partial charge in [0.1, 0.15) is 24.7 Å². The summed E-state index contributed by atoms with van der Waals surface area (Å²) in [6.45, 7) is 3.14. The molecule has 0 fully saturated rings. The molecule has 0 bridgehead atoms. The van der Waals surface area contributed by atoms with Gasteiger partial charge in [0, 0.05) is 11.5 Å². The quantitative estimate of drug-likeness (QED) is 0.788. The van der Waals surface area contributed by atoms with Crippen LogP contribution in [0.3, 0.4) is 0 Å². The zero-order valence-corrected chi connectivity index (χ0v) is 12.8. The van der Waals surface area contributed by atoms with E-state index >= 15 is 0 Å². The van der Waals surface area contributed by atoms with Gasteiger partial charge in [-0.05, 0) is 24.6 Å². The molecule has 0 radical (unpaired) electrons. The summed E-state index contributed by atoms with van der Waals surface area (Å²) < 4.78 is 22.6. The van der Waals surface area contributed by atoms with E-state index in [1.807, 2.05) is 19.1 Å². The van der Waals surface area contributed by atoms with E-state index in [0.717, 1.165) is 50.4 Å². The number of methoxy groups -OCH3 is 2. The Balaban J connectivity index is 2.20. The first-order chi connectivity index (χ1) is 10.7. The molecule has 0 aliphatic carbocycles. The molecule has 2 aromatic carbocycles. The number of rotatable bonds is 2. The summed E-state index contributed by atoms with van der Waals surface area (Å²) >= 11 is 0. The highest BCUT2D eigenvalue weighted by Gasteiger charge is 2.23. The van der Waals surface area contributed by atoms with Gasteiger partial charge in [-0.3, -0.25) is 0 Å². The summed E-state index contributed by atoms with van der Waals surface area (Å²) in [6, 6.07) is 5.99. The summed E-state index contributed by atoms with van der Waals surface area (Å²) in [5.41, 5.74) is 2.95. The number of aryl methyl sites for hydroxylation is 1. The molecule has 1 aliphatic rings. The molecule has 1 aliphatic heterocycles. The second kappa shape index (κ2) is 4.73. The molecule has 3 aromatic rings. The third-order valence-electron chi connectivity index (χ3n) is 4.00. The van der Waals surface area contributed by atoms with Crippen molar-refractivity contribution in [2.24, 2.45) is 0 Å². The molecule has 4 rings (SSSR count). The number of benzene rings is 2. The van der Waals surface area contributed by atoms with Gasteiger partial charge in [0.2, 0.25) is 0 Å². The predicted molar refractivity (Wildman–Crippen MR) is 84.6 cm³/mol. The van der Waals surface area contributed by atoms with Gasteiger partial charge in [-0.25, -0.2) is 0 Å². The molecule has 1 aromatic heterocycles. The smallest absolute Gasteiger partial charge is 0.171 e. The van der Waals surface area contributed by atoms with Gasteiger partial charge < -0.3 is 23.9 Å². The first-order valence-electron chi connectivity index (χ1n) is 7.19. The fourth-order valence-electron chi connectivity index (χ4n) is 3.07. The van der Waals surface area contributed by atoms with Crippen LogP contribution in [0.15, 0.2) is 18.2 Å². The van der Waals surface area contributed by atoms with Crippen molar-refractivity contribution in [2.45, 2.75) is 6.92 Å². The second-order valence-corrected chi connectivity index (χ2v) is 5.37.